The molecule has 0 spiro atoms. The lowest BCUT2D eigenvalue weighted by Crippen LogP contribution is -2.27. The van der Waals surface area contributed by atoms with Gasteiger partial charge in [-0.25, -0.2) is 0 Å². The molecule has 1 aromatic heterocycles. The molecule has 22 heavy (non-hydrogen) atoms. The van der Waals surface area contributed by atoms with Gasteiger partial charge in [0.2, 0.25) is 0 Å². The zero-order valence-corrected chi connectivity index (χ0v) is 13.6. The molecule has 114 valence electrons. The molecule has 1 aromatic carbocycles. The van der Waals surface area contributed by atoms with Crippen molar-refractivity contribution >= 4 is 21.8 Å². The van der Waals surface area contributed by atoms with Crippen LogP contribution in [0.2, 0.25) is 0 Å². The highest BCUT2D eigenvalue weighted by Crippen LogP contribution is 2.37. The number of carbonyl (C=O) groups is 1. The summed E-state index contributed by atoms with van der Waals surface area (Å²) in [6.07, 6.45) is 1.60. The normalized spacial score (nSPS) is 14.3. The van der Waals surface area contributed by atoms with Gasteiger partial charge in [0.05, 0.1) is 6.04 Å². The van der Waals surface area contributed by atoms with E-state index in [1.807, 2.05) is 19.1 Å². The highest BCUT2D eigenvalue weighted by Gasteiger charge is 2.19. The topological polar surface area (TPSA) is 60.5 Å². The number of carbonyl (C=O) groups excluding carboxylic acids is 1. The van der Waals surface area contributed by atoms with E-state index >= 15 is 0 Å². The average Bonchev–Trinajstić information content (AvgIpc) is 2.54. The first-order valence-electron chi connectivity index (χ1n) is 6.96. The second-order valence-corrected chi connectivity index (χ2v) is 5.78. The van der Waals surface area contributed by atoms with E-state index < -0.39 is 0 Å². The third-order valence-corrected chi connectivity index (χ3v) is 4.06. The number of aromatic nitrogens is 1. The van der Waals surface area contributed by atoms with Crippen LogP contribution >= 0.6 is 15.9 Å². The maximum Gasteiger partial charge on any atom is 0.270 e. The van der Waals surface area contributed by atoms with Gasteiger partial charge in [0, 0.05) is 10.7 Å². The molecule has 2 heterocycles. The van der Waals surface area contributed by atoms with Crippen molar-refractivity contribution in [1.82, 2.24) is 10.3 Å². The van der Waals surface area contributed by atoms with Gasteiger partial charge in [-0.05, 0) is 36.8 Å². The summed E-state index contributed by atoms with van der Waals surface area (Å²) in [4.78, 5) is 16.2. The van der Waals surface area contributed by atoms with Crippen LogP contribution in [-0.2, 0) is 0 Å². The Balaban J connectivity index is 1.80. The first-order valence-corrected chi connectivity index (χ1v) is 7.75. The molecule has 1 atom stereocenters. The highest BCUT2D eigenvalue weighted by atomic mass is 79.9. The monoisotopic (exact) mass is 362 g/mol. The Morgan fingerprint density at radius 2 is 2.00 bits per heavy atom. The summed E-state index contributed by atoms with van der Waals surface area (Å²) in [6.45, 7) is 2.99. The van der Waals surface area contributed by atoms with Gasteiger partial charge in [0.1, 0.15) is 18.9 Å². The van der Waals surface area contributed by atoms with Crippen LogP contribution in [-0.4, -0.2) is 24.1 Å². The zero-order valence-electron chi connectivity index (χ0n) is 12.0. The summed E-state index contributed by atoms with van der Waals surface area (Å²) in [6, 6.07) is 8.81. The third kappa shape index (κ3) is 3.06. The Morgan fingerprint density at radius 3 is 2.68 bits per heavy atom. The lowest BCUT2D eigenvalue weighted by Gasteiger charge is -2.22. The quantitative estimate of drug-likeness (QED) is 0.911. The van der Waals surface area contributed by atoms with Crippen LogP contribution < -0.4 is 14.8 Å². The number of nitrogens with one attached hydrogen (secondary N) is 1. The van der Waals surface area contributed by atoms with Crippen LogP contribution in [0.4, 0.5) is 0 Å². The van der Waals surface area contributed by atoms with Crippen molar-refractivity contribution < 1.29 is 14.3 Å². The lowest BCUT2D eigenvalue weighted by atomic mass is 10.1. The summed E-state index contributed by atoms with van der Waals surface area (Å²) >= 11 is 3.52. The van der Waals surface area contributed by atoms with E-state index in [0.29, 0.717) is 30.4 Å². The Kier molecular flexibility index (Phi) is 4.29. The van der Waals surface area contributed by atoms with Crippen molar-refractivity contribution in [3.8, 4) is 11.5 Å². The van der Waals surface area contributed by atoms with Gasteiger partial charge in [0.15, 0.2) is 11.5 Å². The summed E-state index contributed by atoms with van der Waals surface area (Å²) in [5, 5.41) is 2.93. The molecule has 2 aromatic rings. The predicted octanol–water partition coefficient (Wildman–Crippen LogP) is 3.11. The van der Waals surface area contributed by atoms with Crippen LogP contribution in [0.3, 0.4) is 0 Å². The van der Waals surface area contributed by atoms with Crippen molar-refractivity contribution in [1.29, 1.82) is 0 Å². The van der Waals surface area contributed by atoms with Crippen LogP contribution in [0.5, 0.6) is 11.5 Å². The van der Waals surface area contributed by atoms with Gasteiger partial charge < -0.3 is 14.8 Å². The smallest absolute Gasteiger partial charge is 0.270 e. The van der Waals surface area contributed by atoms with E-state index in [-0.39, 0.29) is 11.9 Å². The van der Waals surface area contributed by atoms with Crippen LogP contribution in [0.15, 0.2) is 41.0 Å². The number of halogens is 1. The number of ether oxygens (including phenoxy) is 2. The Hall–Kier alpha value is -2.08. The van der Waals surface area contributed by atoms with E-state index in [1.165, 1.54) is 0 Å². The van der Waals surface area contributed by atoms with Crippen molar-refractivity contribution in [2.24, 2.45) is 0 Å². The minimum absolute atomic E-state index is 0.195. The SMILES string of the molecule is C[C@H](NC(=O)c1ccccn1)c1cc2c(cc1Br)OCCO2. The molecule has 3 rings (SSSR count). The fourth-order valence-corrected chi connectivity index (χ4v) is 2.92. The molecule has 0 saturated heterocycles. The average molecular weight is 363 g/mol. The summed E-state index contributed by atoms with van der Waals surface area (Å²) in [7, 11) is 0. The number of fused-ring (bicyclic) bond motifs is 1. The molecule has 1 amide bonds. The molecule has 1 aliphatic heterocycles. The van der Waals surface area contributed by atoms with Gasteiger partial charge in [-0.2, -0.15) is 0 Å². The van der Waals surface area contributed by atoms with Crippen molar-refractivity contribution in [2.75, 3.05) is 13.2 Å². The fraction of sp³-hybridized carbons (Fsp3) is 0.250. The summed E-state index contributed by atoms with van der Waals surface area (Å²) < 4.78 is 12.0. The predicted molar refractivity (Wildman–Crippen MR) is 85.3 cm³/mol. The van der Waals surface area contributed by atoms with Crippen molar-refractivity contribution in [2.45, 2.75) is 13.0 Å². The fourth-order valence-electron chi connectivity index (χ4n) is 2.26. The maximum absolute atomic E-state index is 12.2. The molecular formula is C16H15BrN2O3. The van der Waals surface area contributed by atoms with E-state index in [4.69, 9.17) is 9.47 Å². The van der Waals surface area contributed by atoms with E-state index in [1.54, 1.807) is 24.4 Å². The number of benzene rings is 1. The first-order chi connectivity index (χ1) is 10.6. The Morgan fingerprint density at radius 1 is 1.27 bits per heavy atom. The molecule has 0 radical (unpaired) electrons. The van der Waals surface area contributed by atoms with Crippen LogP contribution in [0.25, 0.3) is 0 Å². The van der Waals surface area contributed by atoms with Gasteiger partial charge in [0.25, 0.3) is 5.91 Å². The van der Waals surface area contributed by atoms with Gasteiger partial charge in [-0.15, -0.1) is 0 Å². The second kappa shape index (κ2) is 6.36. The third-order valence-electron chi connectivity index (χ3n) is 3.37. The number of hydrogen-bond donors (Lipinski definition) is 1. The number of rotatable bonds is 3. The maximum atomic E-state index is 12.2. The number of pyridine rings is 1. The standard InChI is InChI=1S/C16H15BrN2O3/c1-10(19-16(20)13-4-2-3-5-18-13)11-8-14-15(9-12(11)17)22-7-6-21-14/h2-5,8-10H,6-7H2,1H3,(H,19,20)/t10-/m0/s1. The van der Waals surface area contributed by atoms with Gasteiger partial charge in [-0.3, -0.25) is 9.78 Å². The number of nitrogens with zero attached hydrogens (tertiary/aromatic N) is 1. The van der Waals surface area contributed by atoms with Crippen molar-refractivity contribution in [3.63, 3.8) is 0 Å². The van der Waals surface area contributed by atoms with E-state index in [0.717, 1.165) is 10.0 Å². The molecule has 0 saturated carbocycles. The molecular weight excluding hydrogens is 348 g/mol. The first kappa shape index (κ1) is 14.8. The lowest BCUT2D eigenvalue weighted by molar-refractivity contribution is 0.0934. The minimum atomic E-state index is -0.213. The van der Waals surface area contributed by atoms with Crippen molar-refractivity contribution in [3.05, 3.63) is 52.3 Å². The molecule has 1 aliphatic rings. The highest BCUT2D eigenvalue weighted by molar-refractivity contribution is 9.10. The van der Waals surface area contributed by atoms with Crippen LogP contribution in [0.1, 0.15) is 29.0 Å². The van der Waals surface area contributed by atoms with E-state index in [9.17, 15) is 4.79 Å². The van der Waals surface area contributed by atoms with Gasteiger partial charge in [-0.1, -0.05) is 22.0 Å². The largest absolute Gasteiger partial charge is 0.486 e. The van der Waals surface area contributed by atoms with Crippen LogP contribution in [0, 0.1) is 0 Å². The molecule has 0 aliphatic carbocycles. The summed E-state index contributed by atoms with van der Waals surface area (Å²) in [5.41, 5.74) is 1.32. The second-order valence-electron chi connectivity index (χ2n) is 4.93. The molecule has 0 unspecified atom stereocenters. The Bertz CT molecular complexity index is 691. The molecule has 5 nitrogen and oxygen atoms in total. The number of hydrogen-bond acceptors (Lipinski definition) is 4. The molecule has 0 bridgehead atoms. The van der Waals surface area contributed by atoms with E-state index in [2.05, 4.69) is 26.2 Å². The number of amides is 1. The summed E-state index contributed by atoms with van der Waals surface area (Å²) in [5.74, 6) is 1.20. The molecule has 0 fully saturated rings. The van der Waals surface area contributed by atoms with Gasteiger partial charge >= 0.3 is 0 Å². The molecule has 6 heteroatoms. The zero-order chi connectivity index (χ0) is 15.5. The minimum Gasteiger partial charge on any atom is -0.486 e. The molecule has 1 N–H and O–H groups in total. The Labute approximate surface area is 136 Å².